The largest absolute Gasteiger partial charge is 0.492 e. The van der Waals surface area contributed by atoms with Gasteiger partial charge in [0.25, 0.3) is 0 Å². The summed E-state index contributed by atoms with van der Waals surface area (Å²) < 4.78 is 5.65. The fraction of sp³-hybridized carbons (Fsp3) is 0.588. The molecule has 1 amide bonds. The number of nitrogens with one attached hydrogen (secondary N) is 1. The summed E-state index contributed by atoms with van der Waals surface area (Å²) in [6, 6.07) is 7.82. The zero-order valence-electron chi connectivity index (χ0n) is 13.6. The fourth-order valence-electron chi connectivity index (χ4n) is 2.64. The molecular weight excluding hydrogens is 278 g/mol. The molecule has 0 unspecified atom stereocenters. The van der Waals surface area contributed by atoms with Gasteiger partial charge in [0.15, 0.2) is 0 Å². The van der Waals surface area contributed by atoms with E-state index in [2.05, 4.69) is 10.2 Å². The van der Waals surface area contributed by atoms with E-state index < -0.39 is 5.54 Å². The number of hydrogen-bond acceptors (Lipinski definition) is 4. The van der Waals surface area contributed by atoms with E-state index in [0.29, 0.717) is 13.2 Å². The Hall–Kier alpha value is -1.59. The first-order chi connectivity index (χ1) is 10.5. The zero-order chi connectivity index (χ0) is 16.0. The van der Waals surface area contributed by atoms with Gasteiger partial charge < -0.3 is 20.7 Å². The number of benzene rings is 1. The first-order valence-corrected chi connectivity index (χ1v) is 7.93. The molecule has 1 aromatic rings. The standard InChI is InChI=1S/C17H27N3O2/c1-20(2)11-12-22-15-7-5-14(6-8-15)13-19-16(21)17(18)9-3-4-10-17/h5-8H,3-4,9-13,18H2,1-2H3,(H,19,21). The summed E-state index contributed by atoms with van der Waals surface area (Å²) in [5.41, 5.74) is 6.53. The minimum absolute atomic E-state index is 0.0312. The summed E-state index contributed by atoms with van der Waals surface area (Å²) in [6.07, 6.45) is 3.67. The Labute approximate surface area is 132 Å². The van der Waals surface area contributed by atoms with Crippen molar-refractivity contribution in [3.05, 3.63) is 29.8 Å². The molecule has 0 spiro atoms. The lowest BCUT2D eigenvalue weighted by Crippen LogP contribution is -2.51. The highest BCUT2D eigenvalue weighted by Crippen LogP contribution is 2.27. The molecule has 0 aromatic heterocycles. The van der Waals surface area contributed by atoms with Crippen LogP contribution in [0.1, 0.15) is 31.2 Å². The van der Waals surface area contributed by atoms with Gasteiger partial charge in [-0.3, -0.25) is 4.79 Å². The van der Waals surface area contributed by atoms with E-state index in [0.717, 1.165) is 43.5 Å². The van der Waals surface area contributed by atoms with Crippen molar-refractivity contribution < 1.29 is 9.53 Å². The second kappa shape index (κ2) is 7.61. The molecule has 22 heavy (non-hydrogen) atoms. The van der Waals surface area contributed by atoms with Crippen molar-refractivity contribution in [3.63, 3.8) is 0 Å². The van der Waals surface area contributed by atoms with Gasteiger partial charge in [0, 0.05) is 13.1 Å². The van der Waals surface area contributed by atoms with E-state index in [1.165, 1.54) is 0 Å². The van der Waals surface area contributed by atoms with Gasteiger partial charge in [-0.25, -0.2) is 0 Å². The summed E-state index contributed by atoms with van der Waals surface area (Å²) in [4.78, 5) is 14.2. The van der Waals surface area contributed by atoms with E-state index in [1.54, 1.807) is 0 Å². The van der Waals surface area contributed by atoms with Crippen LogP contribution in [0.25, 0.3) is 0 Å². The molecule has 2 rings (SSSR count). The minimum atomic E-state index is -0.658. The number of carbonyl (C=O) groups excluding carboxylic acids is 1. The average molecular weight is 305 g/mol. The van der Waals surface area contributed by atoms with Crippen LogP contribution in [0.4, 0.5) is 0 Å². The Morgan fingerprint density at radius 3 is 2.50 bits per heavy atom. The van der Waals surface area contributed by atoms with Gasteiger partial charge in [0.2, 0.25) is 5.91 Å². The van der Waals surface area contributed by atoms with Crippen LogP contribution in [0.2, 0.25) is 0 Å². The SMILES string of the molecule is CN(C)CCOc1ccc(CNC(=O)C2(N)CCCC2)cc1. The molecule has 0 atom stereocenters. The molecule has 0 saturated heterocycles. The quantitative estimate of drug-likeness (QED) is 0.801. The molecule has 1 aliphatic carbocycles. The van der Waals surface area contributed by atoms with Crippen molar-refractivity contribution in [1.29, 1.82) is 0 Å². The topological polar surface area (TPSA) is 67.6 Å². The van der Waals surface area contributed by atoms with Gasteiger partial charge in [-0.2, -0.15) is 0 Å². The summed E-state index contributed by atoms with van der Waals surface area (Å²) in [5.74, 6) is 0.819. The first-order valence-electron chi connectivity index (χ1n) is 7.93. The zero-order valence-corrected chi connectivity index (χ0v) is 13.6. The number of carbonyl (C=O) groups is 1. The van der Waals surface area contributed by atoms with Crippen molar-refractivity contribution in [1.82, 2.24) is 10.2 Å². The van der Waals surface area contributed by atoms with Gasteiger partial charge in [0.1, 0.15) is 12.4 Å². The van der Waals surface area contributed by atoms with E-state index >= 15 is 0 Å². The van der Waals surface area contributed by atoms with E-state index in [-0.39, 0.29) is 5.91 Å². The highest BCUT2D eigenvalue weighted by molar-refractivity contribution is 5.86. The van der Waals surface area contributed by atoms with Crippen LogP contribution in [-0.2, 0) is 11.3 Å². The van der Waals surface area contributed by atoms with Crippen LogP contribution in [0.15, 0.2) is 24.3 Å². The molecule has 122 valence electrons. The summed E-state index contributed by atoms with van der Waals surface area (Å²) >= 11 is 0. The number of amides is 1. The van der Waals surface area contributed by atoms with Crippen molar-refractivity contribution in [2.75, 3.05) is 27.2 Å². The second-order valence-corrected chi connectivity index (χ2v) is 6.34. The normalized spacial score (nSPS) is 16.7. The molecule has 1 aliphatic rings. The molecule has 0 aliphatic heterocycles. The summed E-state index contributed by atoms with van der Waals surface area (Å²) in [7, 11) is 4.04. The molecule has 1 saturated carbocycles. The van der Waals surface area contributed by atoms with Gasteiger partial charge in [0.05, 0.1) is 5.54 Å². The Balaban J connectivity index is 1.77. The van der Waals surface area contributed by atoms with Crippen LogP contribution < -0.4 is 15.8 Å². The van der Waals surface area contributed by atoms with Crippen molar-refractivity contribution in [3.8, 4) is 5.75 Å². The van der Waals surface area contributed by atoms with Crippen LogP contribution in [-0.4, -0.2) is 43.6 Å². The van der Waals surface area contributed by atoms with Crippen molar-refractivity contribution >= 4 is 5.91 Å². The van der Waals surface area contributed by atoms with Crippen LogP contribution >= 0.6 is 0 Å². The van der Waals surface area contributed by atoms with Gasteiger partial charge in [-0.1, -0.05) is 25.0 Å². The molecule has 0 bridgehead atoms. The third-order valence-corrected chi connectivity index (χ3v) is 4.13. The van der Waals surface area contributed by atoms with E-state index in [9.17, 15) is 4.79 Å². The van der Waals surface area contributed by atoms with Gasteiger partial charge in [-0.15, -0.1) is 0 Å². The molecule has 0 radical (unpaired) electrons. The predicted molar refractivity (Wildman–Crippen MR) is 87.7 cm³/mol. The van der Waals surface area contributed by atoms with Gasteiger partial charge in [-0.05, 0) is 44.6 Å². The number of hydrogen-bond donors (Lipinski definition) is 2. The van der Waals surface area contributed by atoms with E-state index in [4.69, 9.17) is 10.5 Å². The number of nitrogens with two attached hydrogens (primary N) is 1. The Morgan fingerprint density at radius 1 is 1.27 bits per heavy atom. The molecule has 5 nitrogen and oxygen atoms in total. The number of likely N-dealkylation sites (N-methyl/N-ethyl adjacent to an activating group) is 1. The first kappa shape index (κ1) is 16.8. The fourth-order valence-corrected chi connectivity index (χ4v) is 2.64. The molecule has 0 heterocycles. The lowest BCUT2D eigenvalue weighted by molar-refractivity contribution is -0.126. The Morgan fingerprint density at radius 2 is 1.91 bits per heavy atom. The minimum Gasteiger partial charge on any atom is -0.492 e. The maximum Gasteiger partial charge on any atom is 0.240 e. The second-order valence-electron chi connectivity index (χ2n) is 6.34. The number of nitrogens with zero attached hydrogens (tertiary/aromatic N) is 1. The summed E-state index contributed by atoms with van der Waals surface area (Å²) in [5, 5.41) is 2.95. The van der Waals surface area contributed by atoms with Crippen LogP contribution in [0.3, 0.4) is 0 Å². The van der Waals surface area contributed by atoms with Crippen molar-refractivity contribution in [2.24, 2.45) is 5.73 Å². The summed E-state index contributed by atoms with van der Waals surface area (Å²) in [6.45, 7) is 2.06. The smallest absolute Gasteiger partial charge is 0.240 e. The average Bonchev–Trinajstić information content (AvgIpc) is 2.94. The van der Waals surface area contributed by atoms with Crippen LogP contribution in [0, 0.1) is 0 Å². The molecule has 5 heteroatoms. The molecule has 1 fully saturated rings. The molecule has 1 aromatic carbocycles. The number of rotatable bonds is 7. The highest BCUT2D eigenvalue weighted by Gasteiger charge is 2.36. The Bertz CT molecular complexity index is 479. The maximum absolute atomic E-state index is 12.1. The van der Waals surface area contributed by atoms with Crippen LogP contribution in [0.5, 0.6) is 5.75 Å². The molecular formula is C17H27N3O2. The third kappa shape index (κ3) is 4.71. The monoisotopic (exact) mass is 305 g/mol. The molecule has 3 N–H and O–H groups in total. The predicted octanol–water partition coefficient (Wildman–Crippen LogP) is 1.51. The Kier molecular flexibility index (Phi) is 5.80. The highest BCUT2D eigenvalue weighted by atomic mass is 16.5. The maximum atomic E-state index is 12.1. The lowest BCUT2D eigenvalue weighted by atomic mass is 9.98. The number of ether oxygens (including phenoxy) is 1. The van der Waals surface area contributed by atoms with E-state index in [1.807, 2.05) is 38.4 Å². The lowest BCUT2D eigenvalue weighted by Gasteiger charge is -2.22. The van der Waals surface area contributed by atoms with Crippen molar-refractivity contribution in [2.45, 2.75) is 37.8 Å². The van der Waals surface area contributed by atoms with Gasteiger partial charge >= 0.3 is 0 Å². The third-order valence-electron chi connectivity index (χ3n) is 4.13.